The Bertz CT molecular complexity index is 3100. The van der Waals surface area contributed by atoms with Gasteiger partial charge in [0.05, 0.1) is 22.4 Å². The summed E-state index contributed by atoms with van der Waals surface area (Å²) in [5.74, 6) is 0.855. The van der Waals surface area contributed by atoms with E-state index in [1.165, 1.54) is 38.6 Å². The summed E-state index contributed by atoms with van der Waals surface area (Å²) in [5.41, 5.74) is 16.6. The summed E-state index contributed by atoms with van der Waals surface area (Å²) >= 11 is 5.30. The first-order chi connectivity index (χ1) is 29.5. The fourth-order valence-corrected chi connectivity index (χ4v) is 9.13. The monoisotopic (exact) mass is 825 g/mol. The Morgan fingerprint density at radius 2 is 1.00 bits per heavy atom. The third-order valence-electron chi connectivity index (χ3n) is 12.2. The van der Waals surface area contributed by atoms with Crippen LogP contribution < -0.4 is 0 Å². The maximum absolute atomic E-state index is 5.63. The van der Waals surface area contributed by atoms with Crippen LogP contribution in [0.2, 0.25) is 0 Å². The molecule has 0 radical (unpaired) electrons. The van der Waals surface area contributed by atoms with Gasteiger partial charge in [0.25, 0.3) is 0 Å². The topological polar surface area (TPSA) is 30.7 Å². The van der Waals surface area contributed by atoms with E-state index in [0.29, 0.717) is 0 Å². The molecule has 62 heavy (non-hydrogen) atoms. The molecule has 0 saturated carbocycles. The fourth-order valence-electron chi connectivity index (χ4n) is 8.55. The second-order valence-electron chi connectivity index (χ2n) is 19.8. The molecule has 0 aliphatic rings. The summed E-state index contributed by atoms with van der Waals surface area (Å²) in [7, 11) is 0. The minimum Gasteiger partial charge on any atom is -0.294 e. The van der Waals surface area contributed by atoms with Gasteiger partial charge in [-0.2, -0.15) is 0 Å². The third-order valence-corrected chi connectivity index (χ3v) is 12.7. The highest BCUT2D eigenvalue weighted by Crippen LogP contribution is 2.42. The molecule has 9 aromatic rings. The van der Waals surface area contributed by atoms with E-state index in [1.54, 1.807) is 0 Å². The van der Waals surface area contributed by atoms with Crippen molar-refractivity contribution in [3.8, 4) is 61.7 Å². The van der Waals surface area contributed by atoms with Crippen molar-refractivity contribution in [3.05, 3.63) is 181 Å². The summed E-state index contributed by atoms with van der Waals surface area (Å²) in [6.45, 7) is 20.5. The van der Waals surface area contributed by atoms with Gasteiger partial charge in [0.15, 0.2) is 0 Å². The number of thiol groups is 1. The Labute approximate surface area is 373 Å². The van der Waals surface area contributed by atoms with E-state index >= 15 is 0 Å². The molecule has 0 unspecified atom stereocenters. The zero-order chi connectivity index (χ0) is 43.6. The maximum Gasteiger partial charge on any atom is 0.138 e. The van der Waals surface area contributed by atoms with E-state index in [9.17, 15) is 0 Å². The molecule has 3 heterocycles. The van der Waals surface area contributed by atoms with Crippen molar-refractivity contribution in [2.24, 2.45) is 0 Å². The normalized spacial score (nSPS) is 12.4. The van der Waals surface area contributed by atoms with E-state index < -0.39 is 0 Å². The Morgan fingerprint density at radius 3 is 1.63 bits per heavy atom. The van der Waals surface area contributed by atoms with E-state index in [1.807, 2.05) is 6.20 Å². The van der Waals surface area contributed by atoms with E-state index in [2.05, 4.69) is 225 Å². The van der Waals surface area contributed by atoms with Crippen molar-refractivity contribution in [3.63, 3.8) is 0 Å². The smallest absolute Gasteiger partial charge is 0.138 e. The summed E-state index contributed by atoms with van der Waals surface area (Å²) < 4.78 is 2.36. The Hall–Kier alpha value is -6.23. The van der Waals surface area contributed by atoms with Crippen LogP contribution in [0.15, 0.2) is 169 Å². The van der Waals surface area contributed by atoms with Crippen LogP contribution in [-0.2, 0) is 16.2 Å². The van der Waals surface area contributed by atoms with E-state index in [-0.39, 0.29) is 16.2 Å². The van der Waals surface area contributed by atoms with Gasteiger partial charge in [-0.1, -0.05) is 172 Å². The number of aromatic nitrogens is 3. The van der Waals surface area contributed by atoms with Gasteiger partial charge in [0.1, 0.15) is 5.82 Å². The first kappa shape index (κ1) is 41.1. The van der Waals surface area contributed by atoms with Gasteiger partial charge in [-0.05, 0) is 115 Å². The zero-order valence-corrected chi connectivity index (χ0v) is 38.3. The van der Waals surface area contributed by atoms with Crippen LogP contribution >= 0.6 is 12.6 Å². The predicted molar refractivity (Wildman–Crippen MR) is 267 cm³/mol. The van der Waals surface area contributed by atoms with E-state index in [0.717, 1.165) is 66.5 Å². The molecule has 0 N–H and O–H groups in total. The van der Waals surface area contributed by atoms with Crippen molar-refractivity contribution in [2.75, 3.05) is 0 Å². The number of pyridine rings is 2. The highest BCUT2D eigenvalue weighted by atomic mass is 32.1. The average molecular weight is 826 g/mol. The van der Waals surface area contributed by atoms with Crippen molar-refractivity contribution >= 4 is 34.4 Å². The van der Waals surface area contributed by atoms with Crippen LogP contribution in [0, 0.1) is 0 Å². The minimum atomic E-state index is -0.113. The molecular formula is C58H55N3S. The van der Waals surface area contributed by atoms with Gasteiger partial charge in [0, 0.05) is 33.0 Å². The van der Waals surface area contributed by atoms with Gasteiger partial charge in [-0.15, -0.1) is 12.6 Å². The molecule has 0 aliphatic heterocycles. The van der Waals surface area contributed by atoms with Crippen LogP contribution in [0.1, 0.15) is 79.0 Å². The largest absolute Gasteiger partial charge is 0.294 e. The lowest BCUT2D eigenvalue weighted by atomic mass is 9.79. The molecule has 0 amide bonds. The number of benzene rings is 6. The molecule has 3 nitrogen and oxygen atoms in total. The molecule has 0 spiro atoms. The van der Waals surface area contributed by atoms with Crippen molar-refractivity contribution in [1.29, 1.82) is 0 Å². The molecule has 0 aliphatic carbocycles. The third kappa shape index (κ3) is 7.89. The number of rotatable bonds is 6. The number of hydrogen-bond donors (Lipinski definition) is 1. The Morgan fingerprint density at radius 1 is 0.419 bits per heavy atom. The van der Waals surface area contributed by atoms with Crippen LogP contribution in [0.4, 0.5) is 0 Å². The summed E-state index contributed by atoms with van der Waals surface area (Å²) in [6.07, 6.45) is 1.93. The van der Waals surface area contributed by atoms with Crippen LogP contribution in [-0.4, -0.2) is 14.5 Å². The Balaban J connectivity index is 1.27. The molecule has 0 fully saturated rings. The number of hydrogen-bond acceptors (Lipinski definition) is 3. The number of fused-ring (bicyclic) bond motifs is 3. The molecule has 3 aromatic heterocycles. The molecule has 4 heteroatoms. The molecule has 0 atom stereocenters. The standard InChI is InChI=1S/C58H55N3S/c1-56(2,3)44-25-27-52-47(34-44)46-26-24-42(50-30-41(28-29-59-50)40-22-20-39(21-23-40)37-16-12-10-13-17-37)32-53(46)61(52)54-33-43(38-18-14-11-15-19-38)31-51(60-54)48-35-45(57(4,5)6)36-49(55(48)62)58(7,8)9/h10-36,62H,1-9H3. The lowest BCUT2D eigenvalue weighted by Gasteiger charge is -2.28. The van der Waals surface area contributed by atoms with Gasteiger partial charge in [0.2, 0.25) is 0 Å². The average Bonchev–Trinajstić information content (AvgIpc) is 3.59. The molecule has 0 bridgehead atoms. The molecule has 9 rings (SSSR count). The zero-order valence-electron chi connectivity index (χ0n) is 37.4. The van der Waals surface area contributed by atoms with Gasteiger partial charge in [-0.3, -0.25) is 9.55 Å². The Kier molecular flexibility index (Phi) is 10.3. The molecule has 308 valence electrons. The highest BCUT2D eigenvalue weighted by molar-refractivity contribution is 7.80. The summed E-state index contributed by atoms with van der Waals surface area (Å²) in [6, 6.07) is 57.2. The first-order valence-electron chi connectivity index (χ1n) is 21.7. The highest BCUT2D eigenvalue weighted by Gasteiger charge is 2.26. The lowest BCUT2D eigenvalue weighted by Crippen LogP contribution is -2.18. The van der Waals surface area contributed by atoms with Crippen molar-refractivity contribution in [1.82, 2.24) is 14.5 Å². The maximum atomic E-state index is 5.63. The summed E-state index contributed by atoms with van der Waals surface area (Å²) in [4.78, 5) is 11.6. The van der Waals surface area contributed by atoms with Gasteiger partial charge < -0.3 is 0 Å². The minimum absolute atomic E-state index is 0.0172. The first-order valence-corrected chi connectivity index (χ1v) is 22.1. The fraction of sp³-hybridized carbons (Fsp3) is 0.207. The second kappa shape index (κ2) is 15.6. The molecule has 6 aromatic carbocycles. The van der Waals surface area contributed by atoms with Gasteiger partial charge >= 0.3 is 0 Å². The predicted octanol–water partition coefficient (Wildman–Crippen LogP) is 16.1. The van der Waals surface area contributed by atoms with Crippen molar-refractivity contribution in [2.45, 2.75) is 83.5 Å². The number of nitrogens with zero attached hydrogens (tertiary/aromatic N) is 3. The van der Waals surface area contributed by atoms with Crippen LogP contribution in [0.25, 0.3) is 83.5 Å². The molecule has 0 saturated heterocycles. The SMILES string of the molecule is CC(C)(C)c1cc(-c2cc(-c3ccccc3)cc(-n3c4ccc(C(C)(C)C)cc4c4ccc(-c5cc(-c6ccc(-c7ccccc7)cc6)ccn5)cc43)n2)c(S)c(C(C)(C)C)c1. The quantitative estimate of drug-likeness (QED) is 0.169. The van der Waals surface area contributed by atoms with E-state index in [4.69, 9.17) is 22.6 Å². The molecular weight excluding hydrogens is 771 g/mol. The van der Waals surface area contributed by atoms with Crippen LogP contribution in [0.3, 0.4) is 0 Å². The second-order valence-corrected chi connectivity index (χ2v) is 20.3. The van der Waals surface area contributed by atoms with Crippen molar-refractivity contribution < 1.29 is 0 Å². The summed E-state index contributed by atoms with van der Waals surface area (Å²) in [5, 5.41) is 2.38. The lowest BCUT2D eigenvalue weighted by molar-refractivity contribution is 0.560. The van der Waals surface area contributed by atoms with Gasteiger partial charge in [-0.25, -0.2) is 4.98 Å². The van der Waals surface area contributed by atoms with Crippen LogP contribution in [0.5, 0.6) is 0 Å².